The molecule has 0 unspecified atom stereocenters. The van der Waals surface area contributed by atoms with Crippen molar-refractivity contribution < 1.29 is 19.2 Å². The van der Waals surface area contributed by atoms with Gasteiger partial charge in [-0.05, 0) is 37.1 Å². The molecule has 0 atom stereocenters. The summed E-state index contributed by atoms with van der Waals surface area (Å²) in [5.74, 6) is -1.10. The molecular formula is C18H18N2O5S. The molecule has 0 aliphatic carbocycles. The maximum absolute atomic E-state index is 11.9. The van der Waals surface area contributed by atoms with Gasteiger partial charge in [-0.1, -0.05) is 24.3 Å². The summed E-state index contributed by atoms with van der Waals surface area (Å²) in [4.78, 5) is 35.1. The van der Waals surface area contributed by atoms with Gasteiger partial charge in [0.2, 0.25) is 0 Å². The van der Waals surface area contributed by atoms with Gasteiger partial charge >= 0.3 is 5.97 Å². The topological polar surface area (TPSA) is 98.5 Å². The van der Waals surface area contributed by atoms with E-state index in [4.69, 9.17) is 4.74 Å². The Labute approximate surface area is 154 Å². The van der Waals surface area contributed by atoms with Crippen LogP contribution in [0.4, 0.5) is 11.4 Å². The SMILES string of the molecule is Cc1ccc(NC(=O)COC(=O)CSc2ccccc2C)c([N+](=O)[O-])c1. The number of hydrogen-bond donors (Lipinski definition) is 1. The summed E-state index contributed by atoms with van der Waals surface area (Å²) in [6.07, 6.45) is 0. The number of nitro benzene ring substituents is 1. The van der Waals surface area contributed by atoms with Crippen LogP contribution in [0.1, 0.15) is 11.1 Å². The summed E-state index contributed by atoms with van der Waals surface area (Å²) in [6, 6.07) is 12.1. The summed E-state index contributed by atoms with van der Waals surface area (Å²) in [5, 5.41) is 13.4. The number of amides is 1. The number of thioether (sulfide) groups is 1. The molecule has 26 heavy (non-hydrogen) atoms. The maximum Gasteiger partial charge on any atom is 0.316 e. The molecule has 0 bridgehead atoms. The number of benzene rings is 2. The lowest BCUT2D eigenvalue weighted by molar-refractivity contribution is -0.384. The fraction of sp³-hybridized carbons (Fsp3) is 0.222. The highest BCUT2D eigenvalue weighted by molar-refractivity contribution is 8.00. The number of nitrogens with one attached hydrogen (secondary N) is 1. The smallest absolute Gasteiger partial charge is 0.316 e. The van der Waals surface area contributed by atoms with Gasteiger partial charge in [-0.25, -0.2) is 0 Å². The van der Waals surface area contributed by atoms with Crippen LogP contribution in [0.15, 0.2) is 47.4 Å². The van der Waals surface area contributed by atoms with E-state index >= 15 is 0 Å². The molecule has 0 fully saturated rings. The van der Waals surface area contributed by atoms with Crippen LogP contribution >= 0.6 is 11.8 Å². The van der Waals surface area contributed by atoms with E-state index in [0.717, 1.165) is 10.5 Å². The zero-order chi connectivity index (χ0) is 19.1. The predicted octanol–water partition coefficient (Wildman–Crippen LogP) is 3.49. The van der Waals surface area contributed by atoms with Gasteiger partial charge in [0, 0.05) is 11.0 Å². The van der Waals surface area contributed by atoms with Gasteiger partial charge < -0.3 is 10.1 Å². The Kier molecular flexibility index (Phi) is 6.74. The highest BCUT2D eigenvalue weighted by atomic mass is 32.2. The predicted molar refractivity (Wildman–Crippen MR) is 99.3 cm³/mol. The van der Waals surface area contributed by atoms with Crippen LogP contribution in [-0.4, -0.2) is 29.2 Å². The van der Waals surface area contributed by atoms with Crippen molar-refractivity contribution in [3.63, 3.8) is 0 Å². The van der Waals surface area contributed by atoms with Crippen LogP contribution in [0, 0.1) is 24.0 Å². The van der Waals surface area contributed by atoms with E-state index in [1.807, 2.05) is 31.2 Å². The maximum atomic E-state index is 11.9. The van der Waals surface area contributed by atoms with Gasteiger partial charge in [-0.2, -0.15) is 0 Å². The second kappa shape index (κ2) is 9.00. The van der Waals surface area contributed by atoms with Crippen molar-refractivity contribution >= 4 is 35.0 Å². The largest absolute Gasteiger partial charge is 0.455 e. The lowest BCUT2D eigenvalue weighted by Crippen LogP contribution is -2.22. The molecule has 0 saturated heterocycles. The molecule has 0 radical (unpaired) electrons. The first-order chi connectivity index (χ1) is 12.4. The minimum absolute atomic E-state index is 0.0657. The normalized spacial score (nSPS) is 10.2. The van der Waals surface area contributed by atoms with Crippen LogP contribution in [0.3, 0.4) is 0 Å². The van der Waals surface area contributed by atoms with Crippen molar-refractivity contribution in [1.82, 2.24) is 0 Å². The summed E-state index contributed by atoms with van der Waals surface area (Å²) in [5.41, 5.74) is 1.61. The Morgan fingerprint density at radius 1 is 1.19 bits per heavy atom. The number of nitro groups is 1. The molecule has 0 heterocycles. The van der Waals surface area contributed by atoms with Gasteiger partial charge in [0.15, 0.2) is 6.61 Å². The zero-order valence-electron chi connectivity index (χ0n) is 14.4. The first-order valence-corrected chi connectivity index (χ1v) is 8.74. The van der Waals surface area contributed by atoms with E-state index < -0.39 is 23.4 Å². The van der Waals surface area contributed by atoms with Crippen molar-refractivity contribution in [1.29, 1.82) is 0 Å². The quantitative estimate of drug-likeness (QED) is 0.345. The molecular weight excluding hydrogens is 356 g/mol. The molecule has 0 aliphatic heterocycles. The lowest BCUT2D eigenvalue weighted by Gasteiger charge is -2.08. The second-order valence-electron chi connectivity index (χ2n) is 5.54. The third-order valence-electron chi connectivity index (χ3n) is 3.43. The molecule has 8 heteroatoms. The lowest BCUT2D eigenvalue weighted by atomic mass is 10.2. The Balaban J connectivity index is 1.84. The van der Waals surface area contributed by atoms with Crippen molar-refractivity contribution in [2.75, 3.05) is 17.7 Å². The standard InChI is InChI=1S/C18H18N2O5S/c1-12-7-8-14(15(9-12)20(23)24)19-17(21)10-25-18(22)11-26-16-6-4-3-5-13(16)2/h3-9H,10-11H2,1-2H3,(H,19,21). The number of carbonyl (C=O) groups excluding carboxylic acids is 2. The van der Waals surface area contributed by atoms with Crippen LogP contribution in [0.2, 0.25) is 0 Å². The molecule has 0 aliphatic rings. The number of carbonyl (C=O) groups is 2. The number of esters is 1. The van der Waals surface area contributed by atoms with Gasteiger partial charge in [-0.15, -0.1) is 11.8 Å². The highest BCUT2D eigenvalue weighted by Gasteiger charge is 2.17. The fourth-order valence-electron chi connectivity index (χ4n) is 2.13. The van der Waals surface area contributed by atoms with E-state index in [9.17, 15) is 19.7 Å². The van der Waals surface area contributed by atoms with Crippen LogP contribution in [-0.2, 0) is 14.3 Å². The second-order valence-corrected chi connectivity index (χ2v) is 6.56. The number of nitrogens with zero attached hydrogens (tertiary/aromatic N) is 1. The van der Waals surface area contributed by atoms with Gasteiger partial charge in [0.25, 0.3) is 11.6 Å². The summed E-state index contributed by atoms with van der Waals surface area (Å²) >= 11 is 1.32. The van der Waals surface area contributed by atoms with Crippen LogP contribution < -0.4 is 5.32 Å². The first-order valence-electron chi connectivity index (χ1n) is 7.76. The fourth-order valence-corrected chi connectivity index (χ4v) is 2.95. The van der Waals surface area contributed by atoms with E-state index in [0.29, 0.717) is 5.56 Å². The Hall–Kier alpha value is -2.87. The molecule has 0 aromatic heterocycles. The van der Waals surface area contributed by atoms with Gasteiger partial charge in [0.05, 0.1) is 10.7 Å². The number of anilines is 1. The average Bonchev–Trinajstić information content (AvgIpc) is 2.60. The molecule has 2 rings (SSSR count). The molecule has 7 nitrogen and oxygen atoms in total. The Morgan fingerprint density at radius 2 is 1.92 bits per heavy atom. The molecule has 0 spiro atoms. The third kappa shape index (κ3) is 5.59. The van der Waals surface area contributed by atoms with Crippen molar-refractivity contribution in [2.45, 2.75) is 18.7 Å². The molecule has 1 N–H and O–H groups in total. The van der Waals surface area contributed by atoms with E-state index in [-0.39, 0.29) is 17.1 Å². The minimum Gasteiger partial charge on any atom is -0.455 e. The van der Waals surface area contributed by atoms with E-state index in [2.05, 4.69) is 5.32 Å². The zero-order valence-corrected chi connectivity index (χ0v) is 15.2. The molecule has 2 aromatic carbocycles. The van der Waals surface area contributed by atoms with Gasteiger partial charge in [-0.3, -0.25) is 19.7 Å². The summed E-state index contributed by atoms with van der Waals surface area (Å²) in [7, 11) is 0. The third-order valence-corrected chi connectivity index (χ3v) is 4.58. The minimum atomic E-state index is -0.633. The molecule has 0 saturated carbocycles. The number of ether oxygens (including phenoxy) is 1. The van der Waals surface area contributed by atoms with Crippen molar-refractivity contribution in [2.24, 2.45) is 0 Å². The summed E-state index contributed by atoms with van der Waals surface area (Å²) in [6.45, 7) is 3.15. The van der Waals surface area contributed by atoms with Crippen LogP contribution in [0.25, 0.3) is 0 Å². The van der Waals surface area contributed by atoms with Crippen molar-refractivity contribution in [3.05, 3.63) is 63.7 Å². The highest BCUT2D eigenvalue weighted by Crippen LogP contribution is 2.25. The molecule has 1 amide bonds. The monoisotopic (exact) mass is 374 g/mol. The Bertz CT molecular complexity index is 838. The van der Waals surface area contributed by atoms with E-state index in [1.54, 1.807) is 13.0 Å². The Morgan fingerprint density at radius 3 is 2.62 bits per heavy atom. The van der Waals surface area contributed by atoms with E-state index in [1.165, 1.54) is 23.9 Å². The van der Waals surface area contributed by atoms with Gasteiger partial charge in [0.1, 0.15) is 5.69 Å². The number of rotatable bonds is 7. The van der Waals surface area contributed by atoms with Crippen LogP contribution in [0.5, 0.6) is 0 Å². The summed E-state index contributed by atoms with van der Waals surface area (Å²) < 4.78 is 4.92. The number of aryl methyl sites for hydroxylation is 2. The van der Waals surface area contributed by atoms with Crippen molar-refractivity contribution in [3.8, 4) is 0 Å². The molecule has 136 valence electrons. The average molecular weight is 374 g/mol. The molecule has 2 aromatic rings. The first kappa shape index (κ1) is 19.5. The number of hydrogen-bond acceptors (Lipinski definition) is 6.